The Morgan fingerprint density at radius 3 is 2.45 bits per heavy atom. The average Bonchev–Trinajstić information content (AvgIpc) is 3.10. The monoisotopic (exact) mass is 412 g/mol. The molecular weight excluding hydrogens is 392 g/mol. The molecule has 0 saturated heterocycles. The minimum absolute atomic E-state index is 0.141. The first-order valence-corrected chi connectivity index (χ1v) is 10.1. The molecule has 2 aliphatic heterocycles. The van der Waals surface area contributed by atoms with Crippen molar-refractivity contribution in [2.75, 3.05) is 18.0 Å². The Kier molecular flexibility index (Phi) is 4.71. The summed E-state index contributed by atoms with van der Waals surface area (Å²) in [5.41, 5.74) is 3.16. The van der Waals surface area contributed by atoms with Crippen LogP contribution in [-0.4, -0.2) is 40.7 Å². The summed E-state index contributed by atoms with van der Waals surface area (Å²) in [6.45, 7) is 0.274. The number of amides is 3. The van der Waals surface area contributed by atoms with E-state index in [0.717, 1.165) is 11.3 Å². The molecular formula is C24H20N4O3. The number of aromatic nitrogens is 1. The number of fused-ring (bicyclic) bond motifs is 5. The van der Waals surface area contributed by atoms with Gasteiger partial charge in [0.15, 0.2) is 0 Å². The van der Waals surface area contributed by atoms with Gasteiger partial charge in [-0.15, -0.1) is 0 Å². The van der Waals surface area contributed by atoms with Crippen molar-refractivity contribution in [3.63, 3.8) is 0 Å². The van der Waals surface area contributed by atoms with Gasteiger partial charge in [0.05, 0.1) is 11.3 Å². The maximum atomic E-state index is 13.3. The lowest BCUT2D eigenvalue weighted by Crippen LogP contribution is -2.51. The topological polar surface area (TPSA) is 82.6 Å². The molecule has 1 atom stereocenters. The standard InChI is InChI=1S/C24H20N4O3/c29-21(26-14-12-16-7-5-6-13-25-16)15-27-22-17-8-1-2-9-18(17)24(31)28(22)20-11-4-3-10-19(20)23(27)30/h1-11,13,22H,12,14-15H2,(H,26,29). The van der Waals surface area contributed by atoms with Crippen molar-refractivity contribution in [3.8, 4) is 0 Å². The van der Waals surface area contributed by atoms with Gasteiger partial charge in [-0.25, -0.2) is 0 Å². The Balaban J connectivity index is 1.40. The normalized spacial score (nSPS) is 16.6. The summed E-state index contributed by atoms with van der Waals surface area (Å²) in [5, 5.41) is 2.86. The zero-order valence-electron chi connectivity index (χ0n) is 16.7. The highest BCUT2D eigenvalue weighted by atomic mass is 16.2. The molecule has 31 heavy (non-hydrogen) atoms. The molecule has 154 valence electrons. The van der Waals surface area contributed by atoms with Crippen LogP contribution in [0.25, 0.3) is 0 Å². The van der Waals surface area contributed by atoms with Crippen molar-refractivity contribution < 1.29 is 14.4 Å². The van der Waals surface area contributed by atoms with Gasteiger partial charge >= 0.3 is 0 Å². The highest BCUT2D eigenvalue weighted by Crippen LogP contribution is 2.44. The molecule has 0 spiro atoms. The van der Waals surface area contributed by atoms with E-state index in [9.17, 15) is 14.4 Å². The fourth-order valence-electron chi connectivity index (χ4n) is 4.22. The molecule has 5 rings (SSSR count). The van der Waals surface area contributed by atoms with Crippen LogP contribution < -0.4 is 10.2 Å². The largest absolute Gasteiger partial charge is 0.354 e. The van der Waals surface area contributed by atoms with Crippen molar-refractivity contribution in [1.29, 1.82) is 0 Å². The number of nitrogens with zero attached hydrogens (tertiary/aromatic N) is 3. The van der Waals surface area contributed by atoms with Crippen LogP contribution in [0.4, 0.5) is 5.69 Å². The Bertz CT molecular complexity index is 1180. The van der Waals surface area contributed by atoms with Gasteiger partial charge in [-0.05, 0) is 30.3 Å². The molecule has 7 heteroatoms. The average molecular weight is 412 g/mol. The Morgan fingerprint density at radius 2 is 1.65 bits per heavy atom. The van der Waals surface area contributed by atoms with Crippen LogP contribution in [0.3, 0.4) is 0 Å². The maximum Gasteiger partial charge on any atom is 0.260 e. The smallest absolute Gasteiger partial charge is 0.260 e. The molecule has 1 unspecified atom stereocenters. The van der Waals surface area contributed by atoms with Gasteiger partial charge in [-0.2, -0.15) is 0 Å². The number of nitrogens with one attached hydrogen (secondary N) is 1. The van der Waals surface area contributed by atoms with E-state index in [-0.39, 0.29) is 24.3 Å². The minimum Gasteiger partial charge on any atom is -0.354 e. The van der Waals surface area contributed by atoms with Crippen molar-refractivity contribution in [2.24, 2.45) is 0 Å². The quantitative estimate of drug-likeness (QED) is 0.698. The summed E-state index contributed by atoms with van der Waals surface area (Å²) in [5.74, 6) is -0.706. The predicted molar refractivity (Wildman–Crippen MR) is 114 cm³/mol. The molecule has 0 aliphatic carbocycles. The van der Waals surface area contributed by atoms with E-state index in [1.54, 1.807) is 47.5 Å². The van der Waals surface area contributed by atoms with Crippen LogP contribution in [0.5, 0.6) is 0 Å². The van der Waals surface area contributed by atoms with Crippen LogP contribution in [-0.2, 0) is 11.2 Å². The third-order valence-electron chi connectivity index (χ3n) is 5.63. The summed E-state index contributed by atoms with van der Waals surface area (Å²) in [6, 6.07) is 19.9. The lowest BCUT2D eigenvalue weighted by atomic mass is 10.0. The fourth-order valence-corrected chi connectivity index (χ4v) is 4.22. The first-order chi connectivity index (χ1) is 15.1. The fraction of sp³-hybridized carbons (Fsp3) is 0.167. The first kappa shape index (κ1) is 19.0. The van der Waals surface area contributed by atoms with E-state index >= 15 is 0 Å². The highest BCUT2D eigenvalue weighted by molar-refractivity contribution is 6.17. The molecule has 3 amide bonds. The third-order valence-corrected chi connectivity index (χ3v) is 5.63. The molecule has 3 aromatic rings. The second-order valence-electron chi connectivity index (χ2n) is 7.51. The number of rotatable bonds is 5. The Labute approximate surface area is 179 Å². The van der Waals surface area contributed by atoms with Gasteiger partial charge in [-0.3, -0.25) is 24.3 Å². The number of hydrogen-bond acceptors (Lipinski definition) is 4. The number of para-hydroxylation sites is 1. The van der Waals surface area contributed by atoms with Crippen molar-refractivity contribution in [1.82, 2.24) is 15.2 Å². The van der Waals surface area contributed by atoms with E-state index in [1.165, 1.54) is 4.90 Å². The van der Waals surface area contributed by atoms with E-state index in [1.807, 2.05) is 30.3 Å². The summed E-state index contributed by atoms with van der Waals surface area (Å²) in [4.78, 5) is 46.5. The molecule has 0 bridgehead atoms. The Hall–Kier alpha value is -4.00. The molecule has 0 saturated carbocycles. The molecule has 0 fully saturated rings. The summed E-state index contributed by atoms with van der Waals surface area (Å²) in [7, 11) is 0. The Morgan fingerprint density at radius 1 is 0.903 bits per heavy atom. The first-order valence-electron chi connectivity index (χ1n) is 10.1. The van der Waals surface area contributed by atoms with Gasteiger partial charge in [0.2, 0.25) is 5.91 Å². The number of hydrogen-bond donors (Lipinski definition) is 1. The van der Waals surface area contributed by atoms with Gasteiger partial charge in [-0.1, -0.05) is 36.4 Å². The second kappa shape index (κ2) is 7.68. The van der Waals surface area contributed by atoms with Crippen LogP contribution >= 0.6 is 0 Å². The maximum absolute atomic E-state index is 13.3. The SMILES string of the molecule is O=C(CN1C(=O)c2ccccc2N2C(=O)c3ccccc3C12)NCCc1ccccn1. The number of carbonyl (C=O) groups is 3. The lowest BCUT2D eigenvalue weighted by Gasteiger charge is -2.40. The third kappa shape index (κ3) is 3.24. The molecule has 1 aromatic heterocycles. The van der Waals surface area contributed by atoms with Crippen molar-refractivity contribution >= 4 is 23.4 Å². The molecule has 3 heterocycles. The van der Waals surface area contributed by atoms with Gasteiger partial charge < -0.3 is 10.2 Å². The number of pyridine rings is 1. The van der Waals surface area contributed by atoms with E-state index in [0.29, 0.717) is 29.8 Å². The second-order valence-corrected chi connectivity index (χ2v) is 7.51. The van der Waals surface area contributed by atoms with Crippen LogP contribution in [0.2, 0.25) is 0 Å². The molecule has 0 radical (unpaired) electrons. The van der Waals surface area contributed by atoms with Gasteiger partial charge in [0.1, 0.15) is 12.7 Å². The minimum atomic E-state index is -0.632. The number of benzene rings is 2. The van der Waals surface area contributed by atoms with Gasteiger partial charge in [0.25, 0.3) is 11.8 Å². The molecule has 7 nitrogen and oxygen atoms in total. The zero-order chi connectivity index (χ0) is 21.4. The summed E-state index contributed by atoms with van der Waals surface area (Å²) in [6.07, 6.45) is 1.68. The van der Waals surface area contributed by atoms with Crippen LogP contribution in [0.1, 0.15) is 38.1 Å². The molecule has 1 N–H and O–H groups in total. The van der Waals surface area contributed by atoms with Crippen molar-refractivity contribution in [2.45, 2.75) is 12.6 Å². The van der Waals surface area contributed by atoms with E-state index in [4.69, 9.17) is 0 Å². The van der Waals surface area contributed by atoms with Gasteiger partial charge in [0, 0.05) is 36.0 Å². The van der Waals surface area contributed by atoms with Crippen molar-refractivity contribution in [3.05, 3.63) is 95.3 Å². The van der Waals surface area contributed by atoms with E-state index < -0.39 is 6.17 Å². The summed E-state index contributed by atoms with van der Waals surface area (Å²) >= 11 is 0. The van der Waals surface area contributed by atoms with Crippen LogP contribution in [0, 0.1) is 0 Å². The molecule has 2 aromatic carbocycles. The number of carbonyl (C=O) groups excluding carboxylic acids is 3. The molecule has 2 aliphatic rings. The van der Waals surface area contributed by atoms with Crippen LogP contribution in [0.15, 0.2) is 72.9 Å². The predicted octanol–water partition coefficient (Wildman–Crippen LogP) is 2.56. The summed E-state index contributed by atoms with van der Waals surface area (Å²) < 4.78 is 0. The number of anilines is 1. The highest BCUT2D eigenvalue weighted by Gasteiger charge is 2.47. The van der Waals surface area contributed by atoms with E-state index in [2.05, 4.69) is 10.3 Å². The lowest BCUT2D eigenvalue weighted by molar-refractivity contribution is -0.122. The zero-order valence-corrected chi connectivity index (χ0v) is 16.7.